The molecule has 4 aromatic heterocycles. The lowest BCUT2D eigenvalue weighted by Crippen LogP contribution is -2.27. The Hall–Kier alpha value is -3.54. The van der Waals surface area contributed by atoms with Crippen LogP contribution in [0.25, 0.3) is 11.2 Å². The van der Waals surface area contributed by atoms with Crippen LogP contribution >= 0.6 is 11.6 Å². The largest absolute Gasteiger partial charge is 0.454 e. The molecule has 1 aliphatic heterocycles. The smallest absolute Gasteiger partial charge is 0.210 e. The van der Waals surface area contributed by atoms with Gasteiger partial charge < -0.3 is 19.4 Å². The lowest BCUT2D eigenvalue weighted by molar-refractivity contribution is -0.119. The van der Waals surface area contributed by atoms with Crippen LogP contribution in [-0.2, 0) is 28.4 Å². The standard InChI is InChI=1S/C31H39ClN8O3/c1-31(2,3)25-16-26(37-40(25)21-9-11-39(18-21)12-13-42-5)35-30-36-29-28(38(30)4)27(32)24(17-34-29)43-22-8-10-33-20(14-22)15-23(41)19-6-7-19/h8,10,14,16-17,19,21H,6-7,9,11-13,15,18H2,1-5H3,(H,34,35,36,37)/t21-/m1/s1. The number of carbonyl (C=O) groups excluding carboxylic acids is 1. The van der Waals surface area contributed by atoms with E-state index >= 15 is 0 Å². The van der Waals surface area contributed by atoms with Crippen molar-refractivity contribution in [3.05, 3.63) is 47.0 Å². The van der Waals surface area contributed by atoms with Gasteiger partial charge in [0.05, 0.1) is 24.5 Å². The molecule has 1 saturated carbocycles. The van der Waals surface area contributed by atoms with Crippen LogP contribution in [0.2, 0.25) is 5.02 Å². The Kier molecular flexibility index (Phi) is 8.14. The zero-order valence-electron chi connectivity index (χ0n) is 25.4. The molecule has 12 heteroatoms. The average molecular weight is 607 g/mol. The normalized spacial score (nSPS) is 17.6. The number of ether oxygens (including phenoxy) is 2. The van der Waals surface area contributed by atoms with Crippen molar-refractivity contribution in [2.45, 2.75) is 57.9 Å². The number of nitrogens with one attached hydrogen (secondary N) is 1. The number of hydrogen-bond donors (Lipinski definition) is 1. The molecule has 228 valence electrons. The van der Waals surface area contributed by atoms with E-state index in [2.05, 4.69) is 51.7 Å². The second kappa shape index (κ2) is 11.9. The molecule has 0 aromatic carbocycles. The quantitative estimate of drug-likeness (QED) is 0.238. The molecule has 4 aromatic rings. The number of Topliss-reactive ketones (excluding diaryl/α,β-unsaturated/α-hetero) is 1. The Morgan fingerprint density at radius 2 is 2.00 bits per heavy atom. The van der Waals surface area contributed by atoms with E-state index < -0.39 is 0 Å². The molecule has 6 rings (SSSR count). The van der Waals surface area contributed by atoms with Crippen LogP contribution in [0.5, 0.6) is 11.5 Å². The van der Waals surface area contributed by atoms with Crippen molar-refractivity contribution in [3.63, 3.8) is 0 Å². The van der Waals surface area contributed by atoms with Gasteiger partial charge in [0.2, 0.25) is 5.95 Å². The predicted octanol–water partition coefficient (Wildman–Crippen LogP) is 5.46. The Bertz CT molecular complexity index is 1640. The van der Waals surface area contributed by atoms with Crippen molar-refractivity contribution < 1.29 is 14.3 Å². The summed E-state index contributed by atoms with van der Waals surface area (Å²) in [5.74, 6) is 2.65. The summed E-state index contributed by atoms with van der Waals surface area (Å²) in [5.41, 5.74) is 2.89. The van der Waals surface area contributed by atoms with Crippen molar-refractivity contribution in [1.29, 1.82) is 0 Å². The third-order valence-electron chi connectivity index (χ3n) is 8.16. The van der Waals surface area contributed by atoms with Gasteiger partial charge in [0.15, 0.2) is 17.2 Å². The number of anilines is 2. The van der Waals surface area contributed by atoms with E-state index in [9.17, 15) is 4.79 Å². The zero-order chi connectivity index (χ0) is 30.3. The molecule has 11 nitrogen and oxygen atoms in total. The Balaban J connectivity index is 1.23. The van der Waals surface area contributed by atoms with Crippen molar-refractivity contribution in [3.8, 4) is 11.5 Å². The van der Waals surface area contributed by atoms with Crippen LogP contribution < -0.4 is 10.1 Å². The van der Waals surface area contributed by atoms with Gasteiger partial charge in [-0.25, -0.2) is 4.98 Å². The first kappa shape index (κ1) is 29.5. The highest BCUT2D eigenvalue weighted by Crippen LogP contribution is 2.37. The summed E-state index contributed by atoms with van der Waals surface area (Å²) in [6.45, 7) is 10.2. The van der Waals surface area contributed by atoms with E-state index in [1.165, 1.54) is 0 Å². The first-order valence-electron chi connectivity index (χ1n) is 14.9. The zero-order valence-corrected chi connectivity index (χ0v) is 26.2. The van der Waals surface area contributed by atoms with E-state index in [-0.39, 0.29) is 17.1 Å². The van der Waals surface area contributed by atoms with Crippen LogP contribution in [0.15, 0.2) is 30.6 Å². The Morgan fingerprint density at radius 3 is 2.74 bits per heavy atom. The first-order valence-corrected chi connectivity index (χ1v) is 15.2. The second-order valence-electron chi connectivity index (χ2n) is 12.6. The van der Waals surface area contributed by atoms with Crippen molar-refractivity contribution in [1.82, 2.24) is 34.2 Å². The minimum atomic E-state index is -0.0889. The fourth-order valence-corrected chi connectivity index (χ4v) is 5.91. The number of rotatable bonds is 11. The Morgan fingerprint density at radius 1 is 1.19 bits per heavy atom. The van der Waals surface area contributed by atoms with Gasteiger partial charge in [0, 0.05) is 75.6 Å². The number of methoxy groups -OCH3 is 1. The van der Waals surface area contributed by atoms with Crippen LogP contribution in [0.3, 0.4) is 0 Å². The lowest BCUT2D eigenvalue weighted by atomic mass is 9.91. The topological polar surface area (TPSA) is 112 Å². The van der Waals surface area contributed by atoms with Crippen LogP contribution in [-0.4, -0.2) is 73.3 Å². The van der Waals surface area contributed by atoms with Gasteiger partial charge in [0.1, 0.15) is 22.1 Å². The maximum Gasteiger partial charge on any atom is 0.210 e. The number of pyridine rings is 2. The van der Waals surface area contributed by atoms with Crippen LogP contribution in [0.1, 0.15) is 57.5 Å². The molecule has 1 aliphatic carbocycles. The SMILES string of the molecule is COCCN1CC[C@@H](n2nc(Nc3nc4ncc(Oc5ccnc(CC(=O)C6CC6)c5)c(Cl)c4n3C)cc2C(C)(C)C)C1. The van der Waals surface area contributed by atoms with Crippen molar-refractivity contribution in [2.24, 2.45) is 13.0 Å². The van der Waals surface area contributed by atoms with Gasteiger partial charge >= 0.3 is 0 Å². The second-order valence-corrected chi connectivity index (χ2v) is 13.0. The molecular formula is C31H39ClN8O3. The highest BCUT2D eigenvalue weighted by Gasteiger charge is 2.31. The highest BCUT2D eigenvalue weighted by atomic mass is 35.5. The molecule has 1 saturated heterocycles. The third kappa shape index (κ3) is 6.39. The Labute approximate surface area is 256 Å². The van der Waals surface area contributed by atoms with E-state index in [0.29, 0.717) is 51.8 Å². The monoisotopic (exact) mass is 606 g/mol. The molecule has 5 heterocycles. The number of hydrogen-bond acceptors (Lipinski definition) is 9. The summed E-state index contributed by atoms with van der Waals surface area (Å²) in [6, 6.07) is 5.92. The molecule has 0 radical (unpaired) electrons. The van der Waals surface area contributed by atoms with Crippen LogP contribution in [0, 0.1) is 5.92 Å². The molecule has 0 bridgehead atoms. The number of halogens is 1. The highest BCUT2D eigenvalue weighted by molar-refractivity contribution is 6.36. The molecule has 1 atom stereocenters. The minimum Gasteiger partial charge on any atom is -0.454 e. The number of fused-ring (bicyclic) bond motifs is 1. The number of carbonyl (C=O) groups is 1. The number of imidazole rings is 1. The average Bonchev–Trinajstić information content (AvgIpc) is 3.42. The van der Waals surface area contributed by atoms with Gasteiger partial charge in [0.25, 0.3) is 0 Å². The van der Waals surface area contributed by atoms with Crippen molar-refractivity contribution in [2.75, 3.05) is 38.7 Å². The van der Waals surface area contributed by atoms with Gasteiger partial charge in [-0.05, 0) is 25.3 Å². The van der Waals surface area contributed by atoms with Gasteiger partial charge in [-0.15, -0.1) is 0 Å². The van der Waals surface area contributed by atoms with E-state index in [0.717, 1.165) is 57.0 Å². The molecule has 2 fully saturated rings. The summed E-state index contributed by atoms with van der Waals surface area (Å²) in [7, 11) is 3.63. The van der Waals surface area contributed by atoms with Gasteiger partial charge in [-0.3, -0.25) is 19.4 Å². The number of likely N-dealkylation sites (tertiary alicyclic amines) is 1. The van der Waals surface area contributed by atoms with Crippen molar-refractivity contribution >= 4 is 40.3 Å². The molecule has 0 unspecified atom stereocenters. The number of ketones is 1. The summed E-state index contributed by atoms with van der Waals surface area (Å²) in [5, 5.41) is 8.80. The number of aryl methyl sites for hydroxylation is 1. The van der Waals surface area contributed by atoms with E-state index in [1.807, 2.05) is 11.6 Å². The molecule has 2 aliphatic rings. The molecule has 0 amide bonds. The maximum absolute atomic E-state index is 12.3. The summed E-state index contributed by atoms with van der Waals surface area (Å²) >= 11 is 6.86. The van der Waals surface area contributed by atoms with E-state index in [1.54, 1.807) is 31.6 Å². The number of nitrogens with zero attached hydrogens (tertiary/aromatic N) is 7. The predicted molar refractivity (Wildman–Crippen MR) is 165 cm³/mol. The maximum atomic E-state index is 12.3. The van der Waals surface area contributed by atoms with E-state index in [4.69, 9.17) is 31.2 Å². The summed E-state index contributed by atoms with van der Waals surface area (Å²) in [4.78, 5) is 28.3. The first-order chi connectivity index (χ1) is 20.6. The third-order valence-corrected chi connectivity index (χ3v) is 8.52. The van der Waals surface area contributed by atoms with Gasteiger partial charge in [-0.1, -0.05) is 32.4 Å². The summed E-state index contributed by atoms with van der Waals surface area (Å²) < 4.78 is 15.4. The molecular weight excluding hydrogens is 568 g/mol. The van der Waals surface area contributed by atoms with Crippen LogP contribution in [0.4, 0.5) is 11.8 Å². The molecule has 0 spiro atoms. The fourth-order valence-electron chi connectivity index (χ4n) is 5.61. The number of aromatic nitrogens is 6. The molecule has 1 N–H and O–H groups in total. The minimum absolute atomic E-state index is 0.0889. The fraction of sp³-hybridized carbons (Fsp3) is 0.516. The lowest BCUT2D eigenvalue weighted by Gasteiger charge is -2.23. The van der Waals surface area contributed by atoms with Gasteiger partial charge in [-0.2, -0.15) is 10.1 Å². The summed E-state index contributed by atoms with van der Waals surface area (Å²) in [6.07, 6.45) is 6.52. The molecule has 43 heavy (non-hydrogen) atoms.